The van der Waals surface area contributed by atoms with Crippen LogP contribution in [0.15, 0.2) is 42.5 Å². The van der Waals surface area contributed by atoms with Gasteiger partial charge in [0.05, 0.1) is 0 Å². The summed E-state index contributed by atoms with van der Waals surface area (Å²) in [5.41, 5.74) is 5.03. The fourth-order valence-electron chi connectivity index (χ4n) is 3.77. The van der Waals surface area contributed by atoms with Crippen LogP contribution in [0, 0.1) is 6.92 Å². The van der Waals surface area contributed by atoms with Crippen LogP contribution in [0.2, 0.25) is 5.02 Å². The van der Waals surface area contributed by atoms with Crippen molar-refractivity contribution in [3.8, 4) is 5.75 Å². The highest BCUT2D eigenvalue weighted by Crippen LogP contribution is 2.27. The molecule has 4 nitrogen and oxygen atoms in total. The third-order valence-corrected chi connectivity index (χ3v) is 5.45. The highest BCUT2D eigenvalue weighted by atomic mass is 35.5. The zero-order valence-electron chi connectivity index (χ0n) is 15.6. The molecule has 1 unspecified atom stereocenters. The summed E-state index contributed by atoms with van der Waals surface area (Å²) in [6.45, 7) is 5.33. The molecule has 0 bridgehead atoms. The number of carbonyl (C=O) groups excluding carboxylic acids is 1. The second-order valence-corrected chi connectivity index (χ2v) is 7.61. The van der Waals surface area contributed by atoms with Gasteiger partial charge in [-0.25, -0.2) is 0 Å². The SMILES string of the molecule is Cc1ccc2[nH]c3c(c2c1)CCN(C(=O)C(C)Oc1ccc(Cl)cc1)CC3. The molecule has 0 saturated heterocycles. The molecule has 1 N–H and O–H groups in total. The number of carbonyl (C=O) groups is 1. The standard InChI is InChI=1S/C22H23ClN2O2/c1-14-3-8-20-19(13-14)18-9-11-25(12-10-21(18)24-20)22(26)15(2)27-17-6-4-16(23)5-7-17/h3-8,13,15,24H,9-12H2,1-2H3. The predicted molar refractivity (Wildman–Crippen MR) is 109 cm³/mol. The van der Waals surface area contributed by atoms with E-state index in [1.165, 1.54) is 27.7 Å². The maximum Gasteiger partial charge on any atom is 0.263 e. The summed E-state index contributed by atoms with van der Waals surface area (Å²) in [7, 11) is 0. The smallest absolute Gasteiger partial charge is 0.263 e. The van der Waals surface area contributed by atoms with Gasteiger partial charge in [-0.05, 0) is 62.2 Å². The Bertz CT molecular complexity index is 978. The zero-order valence-corrected chi connectivity index (χ0v) is 16.3. The van der Waals surface area contributed by atoms with Crippen molar-refractivity contribution < 1.29 is 9.53 Å². The molecule has 27 heavy (non-hydrogen) atoms. The number of nitrogens with zero attached hydrogens (tertiary/aromatic N) is 1. The Kier molecular flexibility index (Phi) is 4.83. The van der Waals surface area contributed by atoms with Gasteiger partial charge < -0.3 is 14.6 Å². The van der Waals surface area contributed by atoms with E-state index in [0.29, 0.717) is 23.9 Å². The van der Waals surface area contributed by atoms with E-state index >= 15 is 0 Å². The maximum atomic E-state index is 12.9. The summed E-state index contributed by atoms with van der Waals surface area (Å²) >= 11 is 5.90. The van der Waals surface area contributed by atoms with Gasteiger partial charge in [0.15, 0.2) is 6.10 Å². The number of fused-ring (bicyclic) bond motifs is 3. The molecule has 1 aromatic heterocycles. The van der Waals surface area contributed by atoms with Gasteiger partial charge in [-0.2, -0.15) is 0 Å². The molecule has 0 saturated carbocycles. The van der Waals surface area contributed by atoms with Crippen LogP contribution in [-0.2, 0) is 17.6 Å². The lowest BCUT2D eigenvalue weighted by Crippen LogP contribution is -2.41. The van der Waals surface area contributed by atoms with E-state index in [9.17, 15) is 4.79 Å². The highest BCUT2D eigenvalue weighted by molar-refractivity contribution is 6.30. The molecular formula is C22H23ClN2O2. The molecule has 0 spiro atoms. The molecule has 1 aliphatic heterocycles. The number of nitrogens with one attached hydrogen (secondary N) is 1. The van der Waals surface area contributed by atoms with E-state index in [4.69, 9.17) is 16.3 Å². The lowest BCUT2D eigenvalue weighted by molar-refractivity contribution is -0.137. The average molecular weight is 383 g/mol. The number of aryl methyl sites for hydroxylation is 1. The fraction of sp³-hybridized carbons (Fsp3) is 0.318. The first-order valence-corrected chi connectivity index (χ1v) is 9.70. The molecule has 1 atom stereocenters. The van der Waals surface area contributed by atoms with Crippen molar-refractivity contribution in [2.24, 2.45) is 0 Å². The summed E-state index contributed by atoms with van der Waals surface area (Å²) in [4.78, 5) is 18.3. The molecule has 0 radical (unpaired) electrons. The normalized spacial score (nSPS) is 15.3. The Morgan fingerprint density at radius 1 is 1.15 bits per heavy atom. The van der Waals surface area contributed by atoms with Gasteiger partial charge in [0.1, 0.15) is 5.75 Å². The number of hydrogen-bond donors (Lipinski definition) is 1. The largest absolute Gasteiger partial charge is 0.481 e. The van der Waals surface area contributed by atoms with Crippen molar-refractivity contribution in [2.75, 3.05) is 13.1 Å². The molecule has 2 aromatic carbocycles. The number of benzene rings is 2. The monoisotopic (exact) mass is 382 g/mol. The van der Waals surface area contributed by atoms with E-state index in [1.807, 2.05) is 4.90 Å². The Morgan fingerprint density at radius 2 is 1.89 bits per heavy atom. The van der Waals surface area contributed by atoms with Crippen molar-refractivity contribution >= 4 is 28.4 Å². The molecule has 4 rings (SSSR count). The highest BCUT2D eigenvalue weighted by Gasteiger charge is 2.25. The van der Waals surface area contributed by atoms with Gasteiger partial charge in [-0.15, -0.1) is 0 Å². The Morgan fingerprint density at radius 3 is 2.67 bits per heavy atom. The third kappa shape index (κ3) is 3.67. The van der Waals surface area contributed by atoms with Crippen molar-refractivity contribution in [3.63, 3.8) is 0 Å². The number of amides is 1. The average Bonchev–Trinajstić information content (AvgIpc) is 2.86. The van der Waals surface area contributed by atoms with Crippen LogP contribution < -0.4 is 4.74 Å². The molecule has 2 heterocycles. The van der Waals surface area contributed by atoms with Crippen LogP contribution in [0.1, 0.15) is 23.7 Å². The van der Waals surface area contributed by atoms with Gasteiger partial charge in [0, 0.05) is 41.1 Å². The Balaban J connectivity index is 1.46. The first kappa shape index (κ1) is 17.9. The van der Waals surface area contributed by atoms with E-state index in [2.05, 4.69) is 30.1 Å². The number of hydrogen-bond acceptors (Lipinski definition) is 2. The molecular weight excluding hydrogens is 360 g/mol. The van der Waals surface area contributed by atoms with Crippen LogP contribution in [0.3, 0.4) is 0 Å². The first-order chi connectivity index (χ1) is 13.0. The number of aromatic amines is 1. The minimum absolute atomic E-state index is 0.0237. The van der Waals surface area contributed by atoms with Gasteiger partial charge >= 0.3 is 0 Å². The zero-order chi connectivity index (χ0) is 19.0. The summed E-state index contributed by atoms with van der Waals surface area (Å²) in [6, 6.07) is 13.6. The number of rotatable bonds is 3. The molecule has 3 aromatic rings. The summed E-state index contributed by atoms with van der Waals surface area (Å²) in [6.07, 6.45) is 1.17. The number of aromatic nitrogens is 1. The summed E-state index contributed by atoms with van der Waals surface area (Å²) < 4.78 is 5.81. The van der Waals surface area contributed by atoms with Gasteiger partial charge in [0.2, 0.25) is 0 Å². The fourth-order valence-corrected chi connectivity index (χ4v) is 3.89. The van der Waals surface area contributed by atoms with Crippen LogP contribution in [0.4, 0.5) is 0 Å². The minimum Gasteiger partial charge on any atom is -0.481 e. The number of ether oxygens (including phenoxy) is 1. The van der Waals surface area contributed by atoms with E-state index in [0.717, 1.165) is 12.8 Å². The summed E-state index contributed by atoms with van der Waals surface area (Å²) in [5.74, 6) is 0.678. The van der Waals surface area contributed by atoms with E-state index < -0.39 is 6.10 Å². The van der Waals surface area contributed by atoms with Crippen LogP contribution in [0.5, 0.6) is 5.75 Å². The van der Waals surface area contributed by atoms with Gasteiger partial charge in [0.25, 0.3) is 5.91 Å². The maximum absolute atomic E-state index is 12.9. The van der Waals surface area contributed by atoms with E-state index in [-0.39, 0.29) is 5.91 Å². The topological polar surface area (TPSA) is 45.3 Å². The Labute approximate surface area is 164 Å². The molecule has 1 amide bonds. The molecule has 0 aliphatic carbocycles. The molecule has 5 heteroatoms. The summed E-state index contributed by atoms with van der Waals surface area (Å²) in [5, 5.41) is 1.93. The number of H-pyrrole nitrogens is 1. The van der Waals surface area contributed by atoms with Crippen molar-refractivity contribution in [2.45, 2.75) is 32.8 Å². The molecule has 1 aliphatic rings. The van der Waals surface area contributed by atoms with E-state index in [1.54, 1.807) is 31.2 Å². The second-order valence-electron chi connectivity index (χ2n) is 7.17. The van der Waals surface area contributed by atoms with Crippen molar-refractivity contribution in [3.05, 3.63) is 64.3 Å². The quantitative estimate of drug-likeness (QED) is 0.723. The van der Waals surface area contributed by atoms with Crippen LogP contribution >= 0.6 is 11.6 Å². The second kappa shape index (κ2) is 7.28. The van der Waals surface area contributed by atoms with Crippen molar-refractivity contribution in [1.82, 2.24) is 9.88 Å². The lowest BCUT2D eigenvalue weighted by atomic mass is 10.1. The van der Waals surface area contributed by atoms with Gasteiger partial charge in [-0.1, -0.05) is 23.2 Å². The third-order valence-electron chi connectivity index (χ3n) is 5.20. The van der Waals surface area contributed by atoms with Crippen LogP contribution in [0.25, 0.3) is 10.9 Å². The predicted octanol–water partition coefficient (Wildman–Crippen LogP) is 4.52. The van der Waals surface area contributed by atoms with Crippen LogP contribution in [-0.4, -0.2) is 35.0 Å². The molecule has 140 valence electrons. The minimum atomic E-state index is -0.526. The first-order valence-electron chi connectivity index (χ1n) is 9.32. The molecule has 0 fully saturated rings. The number of halogens is 1. The van der Waals surface area contributed by atoms with Gasteiger partial charge in [-0.3, -0.25) is 4.79 Å². The van der Waals surface area contributed by atoms with Crippen molar-refractivity contribution in [1.29, 1.82) is 0 Å². The Hall–Kier alpha value is -2.46. The lowest BCUT2D eigenvalue weighted by Gasteiger charge is -2.24.